The highest BCUT2D eigenvalue weighted by Gasteiger charge is 2.32. The molecule has 100 valence electrons. The smallest absolute Gasteiger partial charge is 0.312 e. The van der Waals surface area contributed by atoms with Crippen molar-refractivity contribution in [2.45, 2.75) is 6.92 Å². The fourth-order valence-electron chi connectivity index (χ4n) is 2.06. The normalized spacial score (nSPS) is 15.8. The molecule has 2 rings (SSSR count). The number of amides is 2. The summed E-state index contributed by atoms with van der Waals surface area (Å²) in [6, 6.07) is 8.78. The van der Waals surface area contributed by atoms with Crippen LogP contribution in [0.4, 0.5) is 0 Å². The van der Waals surface area contributed by atoms with Crippen molar-refractivity contribution in [3.8, 4) is 0 Å². The van der Waals surface area contributed by atoms with Gasteiger partial charge in [0.15, 0.2) is 5.78 Å². The average Bonchev–Trinajstić information content (AvgIpc) is 2.45. The molecule has 5 heteroatoms. The van der Waals surface area contributed by atoms with E-state index >= 15 is 0 Å². The second kappa shape index (κ2) is 5.65. The van der Waals surface area contributed by atoms with E-state index in [9.17, 15) is 14.4 Å². The summed E-state index contributed by atoms with van der Waals surface area (Å²) >= 11 is 0. The zero-order chi connectivity index (χ0) is 13.8. The maximum atomic E-state index is 12.0. The minimum absolute atomic E-state index is 0.0356. The Balaban J connectivity index is 2.03. The van der Waals surface area contributed by atoms with E-state index in [1.807, 2.05) is 13.0 Å². The summed E-state index contributed by atoms with van der Waals surface area (Å²) in [5, 5.41) is 0. The lowest BCUT2D eigenvalue weighted by atomic mass is 10.1. The Hall–Kier alpha value is -2.17. The molecule has 5 nitrogen and oxygen atoms in total. The number of nitrogens with zero attached hydrogens (tertiary/aromatic N) is 2. The fourth-order valence-corrected chi connectivity index (χ4v) is 2.06. The van der Waals surface area contributed by atoms with Gasteiger partial charge in [-0.2, -0.15) is 0 Å². The summed E-state index contributed by atoms with van der Waals surface area (Å²) < 4.78 is 0. The van der Waals surface area contributed by atoms with Gasteiger partial charge in [-0.15, -0.1) is 0 Å². The molecule has 1 heterocycles. The van der Waals surface area contributed by atoms with Crippen LogP contribution in [0.1, 0.15) is 17.3 Å². The molecule has 0 atom stereocenters. The van der Waals surface area contributed by atoms with Crippen LogP contribution < -0.4 is 0 Å². The van der Waals surface area contributed by atoms with Crippen molar-refractivity contribution in [3.05, 3.63) is 35.9 Å². The number of benzene rings is 1. The molecule has 1 fully saturated rings. The number of Topliss-reactive ketones (excluding diaryl/α,β-unsaturated/α-hetero) is 1. The second-order valence-electron chi connectivity index (χ2n) is 4.40. The monoisotopic (exact) mass is 260 g/mol. The van der Waals surface area contributed by atoms with E-state index in [4.69, 9.17) is 0 Å². The standard InChI is InChI=1S/C14H16N2O3/c1-2-15-8-9-16(14(19)13(15)18)10-12(17)11-6-4-3-5-7-11/h3-7H,2,8-10H2,1H3. The van der Waals surface area contributed by atoms with Crippen molar-refractivity contribution in [1.29, 1.82) is 0 Å². The minimum Gasteiger partial charge on any atom is -0.333 e. The third-order valence-electron chi connectivity index (χ3n) is 3.21. The van der Waals surface area contributed by atoms with Crippen LogP contribution in [0.25, 0.3) is 0 Å². The minimum atomic E-state index is -0.586. The number of ketones is 1. The molecule has 1 saturated heterocycles. The molecule has 0 bridgehead atoms. The van der Waals surface area contributed by atoms with Crippen molar-refractivity contribution >= 4 is 17.6 Å². The molecule has 0 saturated carbocycles. The van der Waals surface area contributed by atoms with E-state index in [1.165, 1.54) is 9.80 Å². The molecule has 1 aromatic carbocycles. The number of carbonyl (C=O) groups is 3. The maximum absolute atomic E-state index is 12.0. The van der Waals surface area contributed by atoms with Gasteiger partial charge in [0.2, 0.25) is 0 Å². The van der Waals surface area contributed by atoms with Crippen LogP contribution >= 0.6 is 0 Å². The van der Waals surface area contributed by atoms with Gasteiger partial charge in [-0.3, -0.25) is 14.4 Å². The van der Waals surface area contributed by atoms with Crippen molar-refractivity contribution in [3.63, 3.8) is 0 Å². The number of carbonyl (C=O) groups excluding carboxylic acids is 3. The largest absolute Gasteiger partial charge is 0.333 e. The number of hydrogen-bond acceptors (Lipinski definition) is 3. The maximum Gasteiger partial charge on any atom is 0.312 e. The summed E-state index contributed by atoms with van der Waals surface area (Å²) in [7, 11) is 0. The van der Waals surface area contributed by atoms with E-state index in [0.717, 1.165) is 0 Å². The SMILES string of the molecule is CCN1CCN(CC(=O)c2ccccc2)C(=O)C1=O. The van der Waals surface area contributed by atoms with Gasteiger partial charge in [0.25, 0.3) is 0 Å². The summed E-state index contributed by atoms with van der Waals surface area (Å²) in [6.45, 7) is 3.22. The highest BCUT2D eigenvalue weighted by molar-refractivity contribution is 6.35. The Bertz CT molecular complexity index is 499. The first-order valence-electron chi connectivity index (χ1n) is 6.30. The van der Waals surface area contributed by atoms with Gasteiger partial charge in [0, 0.05) is 25.2 Å². The van der Waals surface area contributed by atoms with Crippen LogP contribution in [0.3, 0.4) is 0 Å². The van der Waals surface area contributed by atoms with Gasteiger partial charge in [-0.25, -0.2) is 0 Å². The van der Waals surface area contributed by atoms with Crippen molar-refractivity contribution < 1.29 is 14.4 Å². The Morgan fingerprint density at radius 1 is 1.05 bits per heavy atom. The average molecular weight is 260 g/mol. The number of piperazine rings is 1. The Labute approximate surface area is 111 Å². The molecule has 1 aromatic rings. The van der Waals surface area contributed by atoms with Crippen LogP contribution in [0.2, 0.25) is 0 Å². The summed E-state index contributed by atoms with van der Waals surface area (Å²) in [5.74, 6) is -1.25. The molecular weight excluding hydrogens is 244 g/mol. The van der Waals surface area contributed by atoms with Gasteiger partial charge in [-0.1, -0.05) is 30.3 Å². The third-order valence-corrected chi connectivity index (χ3v) is 3.21. The van der Waals surface area contributed by atoms with E-state index in [1.54, 1.807) is 24.3 Å². The lowest BCUT2D eigenvalue weighted by Gasteiger charge is -2.32. The molecule has 0 unspecified atom stereocenters. The zero-order valence-electron chi connectivity index (χ0n) is 10.8. The molecule has 2 amide bonds. The van der Waals surface area contributed by atoms with Crippen LogP contribution in [0.15, 0.2) is 30.3 Å². The summed E-state index contributed by atoms with van der Waals surface area (Å²) in [4.78, 5) is 38.4. The molecule has 0 N–H and O–H groups in total. The molecule has 0 aliphatic carbocycles. The van der Waals surface area contributed by atoms with Crippen molar-refractivity contribution in [2.24, 2.45) is 0 Å². The summed E-state index contributed by atoms with van der Waals surface area (Å²) in [6.07, 6.45) is 0. The van der Waals surface area contributed by atoms with Crippen molar-refractivity contribution in [1.82, 2.24) is 9.80 Å². The molecule has 1 aliphatic rings. The highest BCUT2D eigenvalue weighted by Crippen LogP contribution is 2.07. The van der Waals surface area contributed by atoms with Crippen LogP contribution in [0, 0.1) is 0 Å². The second-order valence-corrected chi connectivity index (χ2v) is 4.40. The highest BCUT2D eigenvalue weighted by atomic mass is 16.2. The van der Waals surface area contributed by atoms with Crippen LogP contribution in [-0.2, 0) is 9.59 Å². The predicted molar refractivity (Wildman–Crippen MR) is 69.6 cm³/mol. The van der Waals surface area contributed by atoms with Crippen LogP contribution in [-0.4, -0.2) is 53.6 Å². The molecular formula is C14H16N2O3. The molecule has 1 aliphatic heterocycles. The van der Waals surface area contributed by atoms with Crippen molar-refractivity contribution in [2.75, 3.05) is 26.2 Å². The van der Waals surface area contributed by atoms with Gasteiger partial charge >= 0.3 is 11.8 Å². The first-order valence-corrected chi connectivity index (χ1v) is 6.30. The van der Waals surface area contributed by atoms with E-state index < -0.39 is 11.8 Å². The Morgan fingerprint density at radius 3 is 2.26 bits per heavy atom. The Kier molecular flexibility index (Phi) is 3.94. The zero-order valence-corrected chi connectivity index (χ0v) is 10.8. The fraction of sp³-hybridized carbons (Fsp3) is 0.357. The topological polar surface area (TPSA) is 57.7 Å². The van der Waals surface area contributed by atoms with Gasteiger partial charge in [0.1, 0.15) is 0 Å². The quantitative estimate of drug-likeness (QED) is 0.587. The van der Waals surface area contributed by atoms with Gasteiger partial charge < -0.3 is 9.80 Å². The molecule has 0 radical (unpaired) electrons. The lowest BCUT2D eigenvalue weighted by molar-refractivity contribution is -0.155. The number of rotatable bonds is 4. The van der Waals surface area contributed by atoms with E-state index in [2.05, 4.69) is 0 Å². The lowest BCUT2D eigenvalue weighted by Crippen LogP contribution is -2.55. The third kappa shape index (κ3) is 2.81. The van der Waals surface area contributed by atoms with Crippen LogP contribution in [0.5, 0.6) is 0 Å². The van der Waals surface area contributed by atoms with Gasteiger partial charge in [-0.05, 0) is 6.92 Å². The summed E-state index contributed by atoms with van der Waals surface area (Å²) in [5.41, 5.74) is 0.556. The first kappa shape index (κ1) is 13.3. The van der Waals surface area contributed by atoms with E-state index in [0.29, 0.717) is 25.2 Å². The van der Waals surface area contributed by atoms with Gasteiger partial charge in [0.05, 0.1) is 6.54 Å². The number of likely N-dealkylation sites (N-methyl/N-ethyl adjacent to an activating group) is 1. The molecule has 0 spiro atoms. The number of hydrogen-bond donors (Lipinski definition) is 0. The predicted octanol–water partition coefficient (Wildman–Crippen LogP) is 0.560. The Morgan fingerprint density at radius 2 is 1.63 bits per heavy atom. The molecule has 19 heavy (non-hydrogen) atoms. The first-order chi connectivity index (χ1) is 9.13. The van der Waals surface area contributed by atoms with E-state index in [-0.39, 0.29) is 12.3 Å². The molecule has 0 aromatic heterocycles.